The van der Waals surface area contributed by atoms with Crippen LogP contribution in [0.3, 0.4) is 0 Å². The normalized spacial score (nSPS) is 22.8. The Bertz CT molecular complexity index is 488. The molecule has 0 spiro atoms. The first kappa shape index (κ1) is 14.8. The lowest BCUT2D eigenvalue weighted by Gasteiger charge is -2.27. The molecule has 5 nitrogen and oxygen atoms in total. The zero-order chi connectivity index (χ0) is 14.7. The molecule has 0 aromatic carbocycles. The molecule has 0 saturated heterocycles. The van der Waals surface area contributed by atoms with E-state index in [1.807, 2.05) is 13.0 Å². The number of aryl methyl sites for hydroxylation is 1. The van der Waals surface area contributed by atoms with Gasteiger partial charge in [0.1, 0.15) is 0 Å². The lowest BCUT2D eigenvalue weighted by molar-refractivity contribution is -0.142. The molecule has 1 fully saturated rings. The van der Waals surface area contributed by atoms with Crippen molar-refractivity contribution in [2.45, 2.75) is 58.4 Å². The number of carboxylic acids is 1. The summed E-state index contributed by atoms with van der Waals surface area (Å²) in [7, 11) is 0. The van der Waals surface area contributed by atoms with Gasteiger partial charge in [0.25, 0.3) is 0 Å². The molecule has 1 aliphatic rings. The molecule has 2 N–H and O–H groups in total. The first-order valence-electron chi connectivity index (χ1n) is 7.30. The largest absolute Gasteiger partial charge is 0.481 e. The first-order valence-corrected chi connectivity index (χ1v) is 7.30. The van der Waals surface area contributed by atoms with Crippen LogP contribution in [-0.2, 0) is 4.79 Å². The zero-order valence-corrected chi connectivity index (χ0v) is 12.4. The van der Waals surface area contributed by atoms with Crippen LogP contribution >= 0.6 is 0 Å². The number of anilines is 1. The van der Waals surface area contributed by atoms with Crippen molar-refractivity contribution in [3.05, 3.63) is 17.5 Å². The SMILES string of the molecule is Cc1cc(C(C)C)nc(NC2CCCC(C(=O)O)C2)n1. The van der Waals surface area contributed by atoms with Crippen LogP contribution in [0.4, 0.5) is 5.95 Å². The predicted molar refractivity (Wildman–Crippen MR) is 77.9 cm³/mol. The van der Waals surface area contributed by atoms with E-state index in [1.54, 1.807) is 0 Å². The third kappa shape index (κ3) is 3.68. The summed E-state index contributed by atoms with van der Waals surface area (Å²) in [6.07, 6.45) is 3.36. The highest BCUT2D eigenvalue weighted by atomic mass is 16.4. The fraction of sp³-hybridized carbons (Fsp3) is 0.667. The van der Waals surface area contributed by atoms with Gasteiger partial charge in [0, 0.05) is 17.4 Å². The number of aromatic nitrogens is 2. The summed E-state index contributed by atoms with van der Waals surface area (Å²) in [4.78, 5) is 20.0. The van der Waals surface area contributed by atoms with Gasteiger partial charge in [-0.1, -0.05) is 20.3 Å². The second-order valence-corrected chi connectivity index (χ2v) is 5.96. The number of hydrogen-bond acceptors (Lipinski definition) is 4. The number of carbonyl (C=O) groups is 1. The van der Waals surface area contributed by atoms with Crippen molar-refractivity contribution in [3.8, 4) is 0 Å². The lowest BCUT2D eigenvalue weighted by atomic mass is 9.86. The Morgan fingerprint density at radius 3 is 2.80 bits per heavy atom. The van der Waals surface area contributed by atoms with Gasteiger partial charge >= 0.3 is 5.97 Å². The number of aliphatic carboxylic acids is 1. The maximum atomic E-state index is 11.1. The molecule has 20 heavy (non-hydrogen) atoms. The number of nitrogens with zero attached hydrogens (tertiary/aromatic N) is 2. The van der Waals surface area contributed by atoms with Gasteiger partial charge in [0.05, 0.1) is 5.92 Å². The minimum absolute atomic E-state index is 0.159. The summed E-state index contributed by atoms with van der Waals surface area (Å²) >= 11 is 0. The molecule has 5 heteroatoms. The summed E-state index contributed by atoms with van der Waals surface area (Å²) in [5.74, 6) is 0.0558. The average molecular weight is 277 g/mol. The molecule has 0 bridgehead atoms. The van der Waals surface area contributed by atoms with Gasteiger partial charge in [-0.2, -0.15) is 0 Å². The van der Waals surface area contributed by atoms with Crippen LogP contribution in [0.5, 0.6) is 0 Å². The highest BCUT2D eigenvalue weighted by Crippen LogP contribution is 2.26. The molecule has 1 aromatic heterocycles. The monoisotopic (exact) mass is 277 g/mol. The second-order valence-electron chi connectivity index (χ2n) is 5.96. The maximum Gasteiger partial charge on any atom is 0.306 e. The Hall–Kier alpha value is -1.65. The Kier molecular flexibility index (Phi) is 4.57. The summed E-state index contributed by atoms with van der Waals surface area (Å²) < 4.78 is 0. The van der Waals surface area contributed by atoms with Crippen LogP contribution in [0.25, 0.3) is 0 Å². The Morgan fingerprint density at radius 2 is 2.15 bits per heavy atom. The summed E-state index contributed by atoms with van der Waals surface area (Å²) in [5.41, 5.74) is 1.96. The molecule has 0 amide bonds. The van der Waals surface area contributed by atoms with Gasteiger partial charge in [-0.3, -0.25) is 4.79 Å². The molecule has 2 unspecified atom stereocenters. The maximum absolute atomic E-state index is 11.1. The minimum Gasteiger partial charge on any atom is -0.481 e. The van der Waals surface area contributed by atoms with Crippen LogP contribution in [0.1, 0.15) is 56.8 Å². The fourth-order valence-electron chi connectivity index (χ4n) is 2.68. The Balaban J connectivity index is 2.07. The molecule has 0 aliphatic heterocycles. The third-order valence-electron chi connectivity index (χ3n) is 3.82. The van der Waals surface area contributed by atoms with E-state index in [4.69, 9.17) is 5.11 Å². The van der Waals surface area contributed by atoms with Gasteiger partial charge in [-0.05, 0) is 38.2 Å². The molecule has 2 atom stereocenters. The quantitative estimate of drug-likeness (QED) is 0.885. The van der Waals surface area contributed by atoms with E-state index in [1.165, 1.54) is 0 Å². The van der Waals surface area contributed by atoms with Crippen molar-refractivity contribution in [1.82, 2.24) is 9.97 Å². The Labute approximate surface area is 119 Å². The molecule has 2 rings (SSSR count). The molecule has 1 aliphatic carbocycles. The van der Waals surface area contributed by atoms with Crippen LogP contribution in [-0.4, -0.2) is 27.1 Å². The second kappa shape index (κ2) is 6.20. The van der Waals surface area contributed by atoms with Crippen molar-refractivity contribution < 1.29 is 9.90 Å². The van der Waals surface area contributed by atoms with Gasteiger partial charge in [-0.15, -0.1) is 0 Å². The van der Waals surface area contributed by atoms with Gasteiger partial charge in [0.2, 0.25) is 5.95 Å². The molecular weight excluding hydrogens is 254 g/mol. The molecule has 110 valence electrons. The zero-order valence-electron chi connectivity index (χ0n) is 12.4. The van der Waals surface area contributed by atoms with Crippen LogP contribution in [0, 0.1) is 12.8 Å². The van der Waals surface area contributed by atoms with E-state index in [-0.39, 0.29) is 12.0 Å². The summed E-state index contributed by atoms with van der Waals surface area (Å²) in [6.45, 7) is 6.17. The van der Waals surface area contributed by atoms with E-state index in [0.717, 1.165) is 30.7 Å². The Morgan fingerprint density at radius 1 is 1.40 bits per heavy atom. The smallest absolute Gasteiger partial charge is 0.306 e. The predicted octanol–water partition coefficient (Wildman–Crippen LogP) is 2.96. The van der Waals surface area contributed by atoms with E-state index >= 15 is 0 Å². The number of rotatable bonds is 4. The van der Waals surface area contributed by atoms with E-state index in [2.05, 4.69) is 29.1 Å². The number of carboxylic acid groups (broad SMARTS) is 1. The summed E-state index contributed by atoms with van der Waals surface area (Å²) in [5, 5.41) is 12.4. The average Bonchev–Trinajstić information content (AvgIpc) is 2.38. The van der Waals surface area contributed by atoms with Crippen LogP contribution in [0.2, 0.25) is 0 Å². The molecule has 1 aromatic rings. The van der Waals surface area contributed by atoms with Crippen LogP contribution in [0.15, 0.2) is 6.07 Å². The minimum atomic E-state index is -0.690. The highest BCUT2D eigenvalue weighted by Gasteiger charge is 2.27. The molecule has 0 radical (unpaired) electrons. The van der Waals surface area contributed by atoms with Crippen molar-refractivity contribution in [3.63, 3.8) is 0 Å². The molecule has 1 heterocycles. The van der Waals surface area contributed by atoms with Crippen molar-refractivity contribution in [2.24, 2.45) is 5.92 Å². The fourth-order valence-corrected chi connectivity index (χ4v) is 2.68. The molecule has 1 saturated carbocycles. The van der Waals surface area contributed by atoms with E-state index in [9.17, 15) is 4.79 Å². The van der Waals surface area contributed by atoms with Gasteiger partial charge < -0.3 is 10.4 Å². The van der Waals surface area contributed by atoms with Crippen LogP contribution < -0.4 is 5.32 Å². The standard InChI is InChI=1S/C15H23N3O2/c1-9(2)13-7-10(3)16-15(18-13)17-12-6-4-5-11(8-12)14(19)20/h7,9,11-12H,4-6,8H2,1-3H3,(H,19,20)(H,16,17,18). The van der Waals surface area contributed by atoms with Gasteiger partial charge in [0.15, 0.2) is 0 Å². The van der Waals surface area contributed by atoms with Gasteiger partial charge in [-0.25, -0.2) is 9.97 Å². The number of hydrogen-bond donors (Lipinski definition) is 2. The van der Waals surface area contributed by atoms with E-state index in [0.29, 0.717) is 18.3 Å². The van der Waals surface area contributed by atoms with Crippen molar-refractivity contribution in [1.29, 1.82) is 0 Å². The van der Waals surface area contributed by atoms with Crippen molar-refractivity contribution >= 4 is 11.9 Å². The first-order chi connectivity index (χ1) is 9.45. The summed E-state index contributed by atoms with van der Waals surface area (Å²) in [6, 6.07) is 2.16. The third-order valence-corrected chi connectivity index (χ3v) is 3.82. The van der Waals surface area contributed by atoms with Crippen molar-refractivity contribution in [2.75, 3.05) is 5.32 Å². The molecular formula is C15H23N3O2. The van der Waals surface area contributed by atoms with E-state index < -0.39 is 5.97 Å². The highest BCUT2D eigenvalue weighted by molar-refractivity contribution is 5.70. The topological polar surface area (TPSA) is 75.1 Å². The lowest BCUT2D eigenvalue weighted by Crippen LogP contribution is -2.31. The number of nitrogens with one attached hydrogen (secondary N) is 1.